The first kappa shape index (κ1) is 23.9. The molecule has 2 aliphatic rings. The summed E-state index contributed by atoms with van der Waals surface area (Å²) in [7, 11) is 0. The number of non-ortho nitro benzene ring substituents is 1. The molecule has 184 valence electrons. The molecule has 0 bridgehead atoms. The van der Waals surface area contributed by atoms with Crippen LogP contribution >= 0.6 is 15.9 Å². The Balaban J connectivity index is 1.55. The number of para-hydroxylation sites is 1. The molecule has 2 heterocycles. The Morgan fingerprint density at radius 2 is 1.83 bits per heavy atom. The van der Waals surface area contributed by atoms with E-state index in [1.807, 2.05) is 6.92 Å². The smallest absolute Gasteiger partial charge is 0.269 e. The van der Waals surface area contributed by atoms with Crippen molar-refractivity contribution < 1.29 is 19.4 Å². The fourth-order valence-electron chi connectivity index (χ4n) is 5.35. The van der Waals surface area contributed by atoms with Crippen LogP contribution in [-0.2, 0) is 16.9 Å². The van der Waals surface area contributed by atoms with Crippen LogP contribution in [0.3, 0.4) is 0 Å². The summed E-state index contributed by atoms with van der Waals surface area (Å²) in [5.41, 5.74) is 0.643. The van der Waals surface area contributed by atoms with Crippen molar-refractivity contribution in [3.05, 3.63) is 108 Å². The lowest BCUT2D eigenvalue weighted by atomic mass is 9.78. The number of hydrogen-bond donors (Lipinski definition) is 2. The predicted molar refractivity (Wildman–Crippen MR) is 134 cm³/mol. The number of fused-ring (bicyclic) bond motifs is 2. The highest BCUT2D eigenvalue weighted by atomic mass is 79.9. The molecule has 36 heavy (non-hydrogen) atoms. The SMILES string of the molecule is C[C@@H]1N[C@]2(C(=O)Nc3ccccc32)[C@H]([N+](=O)[O-])[C@@H]1c1cc(Br)ccc1OCc1cccc([N+](=O)[O-])c1. The van der Waals surface area contributed by atoms with Gasteiger partial charge in [0.05, 0.1) is 10.8 Å². The van der Waals surface area contributed by atoms with Gasteiger partial charge in [-0.2, -0.15) is 0 Å². The predicted octanol–water partition coefficient (Wildman–Crippen LogP) is 4.50. The van der Waals surface area contributed by atoms with Gasteiger partial charge in [0.2, 0.25) is 0 Å². The summed E-state index contributed by atoms with van der Waals surface area (Å²) in [6.45, 7) is 1.85. The molecule has 2 N–H and O–H groups in total. The van der Waals surface area contributed by atoms with Crippen LogP contribution in [0.15, 0.2) is 71.2 Å². The van der Waals surface area contributed by atoms with Crippen molar-refractivity contribution in [2.75, 3.05) is 5.32 Å². The summed E-state index contributed by atoms with van der Waals surface area (Å²) in [4.78, 5) is 36.1. The number of nitro groups is 2. The van der Waals surface area contributed by atoms with Gasteiger partial charge >= 0.3 is 0 Å². The number of nitrogens with zero attached hydrogens (tertiary/aromatic N) is 2. The fourth-order valence-corrected chi connectivity index (χ4v) is 5.73. The standard InChI is InChI=1S/C25H21BrN4O6/c1-14-22(23(30(34)35)25(28-14)19-7-2-3-8-20(19)27-24(25)31)18-12-16(26)9-10-21(18)36-13-15-5-4-6-17(11-15)29(32)33/h2-12,14,22-23,28H,13H2,1H3,(H,27,31)/t14-,22-,23+,25-/m0/s1. The van der Waals surface area contributed by atoms with Crippen LogP contribution in [0.25, 0.3) is 0 Å². The molecule has 5 rings (SSSR count). The molecule has 1 fully saturated rings. The first-order chi connectivity index (χ1) is 17.2. The van der Waals surface area contributed by atoms with Crippen molar-refractivity contribution in [2.45, 2.75) is 37.1 Å². The van der Waals surface area contributed by atoms with Crippen LogP contribution in [-0.4, -0.2) is 27.8 Å². The van der Waals surface area contributed by atoms with E-state index in [9.17, 15) is 25.0 Å². The summed E-state index contributed by atoms with van der Waals surface area (Å²) >= 11 is 3.45. The molecule has 1 amide bonds. The van der Waals surface area contributed by atoms with Gasteiger partial charge in [-0.3, -0.25) is 30.3 Å². The lowest BCUT2D eigenvalue weighted by Gasteiger charge is -2.26. The van der Waals surface area contributed by atoms with E-state index < -0.39 is 39.3 Å². The molecule has 0 aliphatic carbocycles. The molecule has 1 spiro atoms. The Hall–Kier alpha value is -3.83. The Labute approximate surface area is 214 Å². The number of amides is 1. The molecule has 3 aromatic carbocycles. The highest BCUT2D eigenvalue weighted by Gasteiger charge is 2.68. The third-order valence-corrected chi connectivity index (χ3v) is 7.30. The number of halogens is 1. The van der Waals surface area contributed by atoms with E-state index in [4.69, 9.17) is 4.74 Å². The normalized spacial score (nSPS) is 24.4. The first-order valence-electron chi connectivity index (χ1n) is 11.2. The maximum atomic E-state index is 13.3. The molecule has 1 saturated heterocycles. The highest BCUT2D eigenvalue weighted by Crippen LogP contribution is 2.51. The zero-order chi connectivity index (χ0) is 25.6. The van der Waals surface area contributed by atoms with Crippen LogP contribution in [0.4, 0.5) is 11.4 Å². The molecule has 2 aliphatic heterocycles. The van der Waals surface area contributed by atoms with E-state index in [1.165, 1.54) is 12.1 Å². The average Bonchev–Trinajstić information content (AvgIpc) is 3.32. The summed E-state index contributed by atoms with van der Waals surface area (Å²) in [5, 5.41) is 29.8. The van der Waals surface area contributed by atoms with E-state index in [1.54, 1.807) is 54.6 Å². The second-order valence-corrected chi connectivity index (χ2v) is 9.81. The zero-order valence-electron chi connectivity index (χ0n) is 19.0. The van der Waals surface area contributed by atoms with Gasteiger partial charge in [-0.15, -0.1) is 0 Å². The molecule has 10 nitrogen and oxygen atoms in total. The maximum Gasteiger partial charge on any atom is 0.269 e. The number of carbonyl (C=O) groups is 1. The third-order valence-electron chi connectivity index (χ3n) is 6.81. The summed E-state index contributed by atoms with van der Waals surface area (Å²) in [6, 6.07) is 16.5. The molecule has 4 atom stereocenters. The minimum atomic E-state index is -1.54. The summed E-state index contributed by atoms with van der Waals surface area (Å²) < 4.78 is 6.76. The summed E-state index contributed by atoms with van der Waals surface area (Å²) in [5.74, 6) is -0.776. The lowest BCUT2D eigenvalue weighted by molar-refractivity contribution is -0.532. The Kier molecular flexibility index (Phi) is 5.97. The number of hydrogen-bond acceptors (Lipinski definition) is 7. The highest BCUT2D eigenvalue weighted by molar-refractivity contribution is 9.10. The van der Waals surface area contributed by atoms with Crippen LogP contribution in [0, 0.1) is 20.2 Å². The molecule has 0 radical (unpaired) electrons. The van der Waals surface area contributed by atoms with E-state index >= 15 is 0 Å². The van der Waals surface area contributed by atoms with Crippen LogP contribution < -0.4 is 15.4 Å². The van der Waals surface area contributed by atoms with Crippen LogP contribution in [0.5, 0.6) is 5.75 Å². The molecule has 0 saturated carbocycles. The molecule has 3 aromatic rings. The topological polar surface area (TPSA) is 137 Å². The average molecular weight is 553 g/mol. The molecule has 11 heteroatoms. The van der Waals surface area contributed by atoms with Crippen LogP contribution in [0.1, 0.15) is 29.5 Å². The van der Waals surface area contributed by atoms with E-state index in [0.717, 1.165) is 0 Å². The minimum absolute atomic E-state index is 0.0302. The van der Waals surface area contributed by atoms with Crippen molar-refractivity contribution >= 4 is 33.2 Å². The first-order valence-corrected chi connectivity index (χ1v) is 12.0. The molecular weight excluding hydrogens is 532 g/mol. The number of benzene rings is 3. The van der Waals surface area contributed by atoms with Crippen LogP contribution in [0.2, 0.25) is 0 Å². The van der Waals surface area contributed by atoms with Crippen molar-refractivity contribution in [3.63, 3.8) is 0 Å². The Morgan fingerprint density at radius 1 is 1.06 bits per heavy atom. The fraction of sp³-hybridized carbons (Fsp3) is 0.240. The van der Waals surface area contributed by atoms with Gasteiger partial charge < -0.3 is 10.1 Å². The minimum Gasteiger partial charge on any atom is -0.489 e. The number of nitrogens with one attached hydrogen (secondary N) is 2. The number of nitro benzene ring substituents is 1. The molecule has 0 aromatic heterocycles. The van der Waals surface area contributed by atoms with Gasteiger partial charge in [0.1, 0.15) is 12.4 Å². The van der Waals surface area contributed by atoms with Gasteiger partial charge in [0.15, 0.2) is 5.54 Å². The number of carbonyl (C=O) groups excluding carboxylic acids is 1. The Bertz CT molecular complexity index is 1400. The largest absolute Gasteiger partial charge is 0.489 e. The van der Waals surface area contributed by atoms with Crippen molar-refractivity contribution in [1.29, 1.82) is 0 Å². The van der Waals surface area contributed by atoms with E-state index in [-0.39, 0.29) is 12.3 Å². The number of rotatable bonds is 6. The summed E-state index contributed by atoms with van der Waals surface area (Å²) in [6.07, 6.45) is 0. The monoisotopic (exact) mass is 552 g/mol. The number of ether oxygens (including phenoxy) is 1. The molecular formula is C25H21BrN4O6. The molecule has 0 unspecified atom stereocenters. The third kappa shape index (κ3) is 3.80. The van der Waals surface area contributed by atoms with Gasteiger partial charge in [0, 0.05) is 44.4 Å². The van der Waals surface area contributed by atoms with Crippen molar-refractivity contribution in [2.24, 2.45) is 0 Å². The van der Waals surface area contributed by atoms with Gasteiger partial charge in [-0.25, -0.2) is 0 Å². The zero-order valence-corrected chi connectivity index (χ0v) is 20.6. The van der Waals surface area contributed by atoms with E-state index in [0.29, 0.717) is 32.6 Å². The number of anilines is 1. The Morgan fingerprint density at radius 3 is 2.58 bits per heavy atom. The lowest BCUT2D eigenvalue weighted by Crippen LogP contribution is -2.54. The maximum absolute atomic E-state index is 13.3. The van der Waals surface area contributed by atoms with E-state index in [2.05, 4.69) is 26.6 Å². The second kappa shape index (κ2) is 8.99. The van der Waals surface area contributed by atoms with Crippen molar-refractivity contribution in [3.8, 4) is 5.75 Å². The van der Waals surface area contributed by atoms with Gasteiger partial charge in [-0.05, 0) is 36.8 Å². The second-order valence-electron chi connectivity index (χ2n) is 8.89. The quantitative estimate of drug-likeness (QED) is 0.339. The van der Waals surface area contributed by atoms with Gasteiger partial charge in [-0.1, -0.05) is 46.3 Å². The van der Waals surface area contributed by atoms with Crippen molar-refractivity contribution in [1.82, 2.24) is 5.32 Å². The van der Waals surface area contributed by atoms with Gasteiger partial charge in [0.25, 0.3) is 17.6 Å².